The van der Waals surface area contributed by atoms with Crippen LogP contribution < -0.4 is 0 Å². The first-order chi connectivity index (χ1) is 12.4. The zero-order chi connectivity index (χ0) is 18.5. The highest BCUT2D eigenvalue weighted by Gasteiger charge is 2.58. The Bertz CT molecular complexity index is 552. The number of hydrogen-bond donors (Lipinski definition) is 1. The van der Waals surface area contributed by atoms with Crippen LogP contribution in [0.5, 0.6) is 0 Å². The molecule has 4 saturated carbocycles. The first kappa shape index (κ1) is 19.4. The van der Waals surface area contributed by atoms with E-state index in [1.165, 1.54) is 38.5 Å². The van der Waals surface area contributed by atoms with Crippen molar-refractivity contribution in [3.05, 3.63) is 0 Å². The molecule has 0 radical (unpaired) electrons. The average Bonchev–Trinajstić information content (AvgIpc) is 2.98. The van der Waals surface area contributed by atoms with Gasteiger partial charge in [-0.15, -0.1) is 0 Å². The predicted molar refractivity (Wildman–Crippen MR) is 106 cm³/mol. The van der Waals surface area contributed by atoms with Gasteiger partial charge in [0.25, 0.3) is 0 Å². The maximum absolute atomic E-state index is 12.5. The molecule has 0 heterocycles. The van der Waals surface area contributed by atoms with Gasteiger partial charge in [-0.2, -0.15) is 0 Å². The fourth-order valence-electron chi connectivity index (χ4n) is 7.98. The summed E-state index contributed by atoms with van der Waals surface area (Å²) in [5.74, 6) is 4.58. The highest BCUT2D eigenvalue weighted by atomic mass is 79.9. The van der Waals surface area contributed by atoms with Gasteiger partial charge >= 0.3 is 0 Å². The molecule has 8 atom stereocenters. The molecule has 4 heteroatoms. The zero-order valence-corrected chi connectivity index (χ0v) is 18.0. The number of carbonyl (C=O) groups excluding carboxylic acids is 1. The van der Waals surface area contributed by atoms with E-state index < -0.39 is 5.60 Å². The quantitative estimate of drug-likeness (QED) is 0.668. The normalized spacial score (nSPS) is 50.6. The summed E-state index contributed by atoms with van der Waals surface area (Å²) in [6.07, 6.45) is 10.5. The lowest BCUT2D eigenvalue weighted by Gasteiger charge is -2.57. The molecule has 3 nitrogen and oxygen atoms in total. The van der Waals surface area contributed by atoms with E-state index in [0.29, 0.717) is 23.6 Å². The summed E-state index contributed by atoms with van der Waals surface area (Å²) >= 11 is 3.42. The van der Waals surface area contributed by atoms with Gasteiger partial charge in [-0.05, 0) is 92.8 Å². The van der Waals surface area contributed by atoms with Crippen molar-refractivity contribution in [2.45, 2.75) is 70.3 Å². The van der Waals surface area contributed by atoms with Crippen molar-refractivity contribution in [1.82, 2.24) is 0 Å². The zero-order valence-electron chi connectivity index (χ0n) is 16.4. The number of alkyl halides is 1. The molecule has 4 fully saturated rings. The minimum Gasteiger partial charge on any atom is -0.387 e. The van der Waals surface area contributed by atoms with E-state index in [2.05, 4.69) is 22.9 Å². The first-order valence-electron chi connectivity index (χ1n) is 10.7. The van der Waals surface area contributed by atoms with Gasteiger partial charge in [-0.25, -0.2) is 0 Å². The monoisotopic (exact) mass is 426 g/mol. The van der Waals surface area contributed by atoms with Gasteiger partial charge < -0.3 is 9.84 Å². The largest absolute Gasteiger partial charge is 0.387 e. The summed E-state index contributed by atoms with van der Waals surface area (Å²) in [5.41, 5.74) is -0.350. The standard InChI is InChI=1S/C22H35BrO3/c1-21-9-7-16-15-8-10-22(25,13-26-2)11-14(15)3-4-17(16)18(21)5-6-19(21)20(24)12-23/h14-19,25H,3-13H2,1-2H3/t14?,15?,16-,17?,18+,19-,21?,22-/m1/s1. The molecule has 4 aliphatic rings. The van der Waals surface area contributed by atoms with E-state index in [0.717, 1.165) is 42.9 Å². The Kier molecular flexibility index (Phi) is 5.33. The van der Waals surface area contributed by atoms with Crippen LogP contribution >= 0.6 is 15.9 Å². The molecule has 0 aromatic heterocycles. The van der Waals surface area contributed by atoms with Crippen molar-refractivity contribution in [2.75, 3.05) is 19.0 Å². The SMILES string of the molecule is COC[C@@]1(O)CCC2C(CCC3[C@@H]2CCC2(C)[C@@H](C(=O)CBr)CC[C@@H]32)C1. The summed E-state index contributed by atoms with van der Waals surface area (Å²) in [5, 5.41) is 11.4. The van der Waals surface area contributed by atoms with Crippen molar-refractivity contribution >= 4 is 21.7 Å². The van der Waals surface area contributed by atoms with E-state index in [1.807, 2.05) is 0 Å². The van der Waals surface area contributed by atoms with Crippen LogP contribution in [0.15, 0.2) is 0 Å². The number of rotatable bonds is 4. The molecule has 148 valence electrons. The van der Waals surface area contributed by atoms with Crippen molar-refractivity contribution < 1.29 is 14.6 Å². The summed E-state index contributed by atoms with van der Waals surface area (Å²) in [6, 6.07) is 0. The van der Waals surface area contributed by atoms with Gasteiger partial charge in [-0.1, -0.05) is 22.9 Å². The average molecular weight is 427 g/mol. The van der Waals surface area contributed by atoms with Crippen LogP contribution in [0.3, 0.4) is 0 Å². The molecule has 4 rings (SSSR count). The molecule has 0 aromatic carbocycles. The molecule has 0 saturated heterocycles. The van der Waals surface area contributed by atoms with Crippen molar-refractivity contribution in [3.63, 3.8) is 0 Å². The number of hydrogen-bond acceptors (Lipinski definition) is 3. The highest BCUT2D eigenvalue weighted by Crippen LogP contribution is 2.64. The van der Waals surface area contributed by atoms with E-state index in [4.69, 9.17) is 4.74 Å². The molecule has 4 aliphatic carbocycles. The van der Waals surface area contributed by atoms with Crippen LogP contribution in [-0.2, 0) is 9.53 Å². The van der Waals surface area contributed by atoms with Crippen LogP contribution in [-0.4, -0.2) is 35.5 Å². The topological polar surface area (TPSA) is 46.5 Å². The van der Waals surface area contributed by atoms with E-state index in [1.54, 1.807) is 7.11 Å². The summed E-state index contributed by atoms with van der Waals surface area (Å²) in [7, 11) is 1.70. The third-order valence-corrected chi connectivity index (χ3v) is 9.59. The van der Waals surface area contributed by atoms with Gasteiger partial charge in [0, 0.05) is 13.0 Å². The Labute approximate surface area is 166 Å². The molecule has 0 aromatic rings. The lowest BCUT2D eigenvalue weighted by molar-refractivity contribution is -0.134. The van der Waals surface area contributed by atoms with Gasteiger partial charge in [0.05, 0.1) is 17.5 Å². The Morgan fingerprint density at radius 2 is 1.85 bits per heavy atom. The molecule has 26 heavy (non-hydrogen) atoms. The van der Waals surface area contributed by atoms with Crippen LogP contribution in [0.2, 0.25) is 0 Å². The minimum atomic E-state index is -0.591. The smallest absolute Gasteiger partial charge is 0.147 e. The number of ketones is 1. The minimum absolute atomic E-state index is 0.240. The molecule has 0 spiro atoms. The van der Waals surface area contributed by atoms with Crippen LogP contribution in [0.4, 0.5) is 0 Å². The maximum atomic E-state index is 12.5. The summed E-state index contributed by atoms with van der Waals surface area (Å²) < 4.78 is 5.30. The predicted octanol–water partition coefficient (Wildman–Crippen LogP) is 4.60. The molecule has 1 N–H and O–H groups in total. The second-order valence-electron chi connectivity index (χ2n) is 10.1. The summed E-state index contributed by atoms with van der Waals surface area (Å²) in [4.78, 5) is 12.5. The van der Waals surface area contributed by atoms with E-state index >= 15 is 0 Å². The Morgan fingerprint density at radius 1 is 1.08 bits per heavy atom. The van der Waals surface area contributed by atoms with Crippen molar-refractivity contribution in [1.29, 1.82) is 0 Å². The number of halogens is 1. The third kappa shape index (κ3) is 3.03. The number of Topliss-reactive ketones (excluding diaryl/α,β-unsaturated/α-hetero) is 1. The number of aliphatic hydroxyl groups is 1. The lowest BCUT2D eigenvalue weighted by atomic mass is 9.49. The van der Waals surface area contributed by atoms with Gasteiger partial charge in [0.1, 0.15) is 5.78 Å². The highest BCUT2D eigenvalue weighted by molar-refractivity contribution is 9.09. The second-order valence-corrected chi connectivity index (χ2v) is 10.7. The number of carbonyl (C=O) groups is 1. The molecular weight excluding hydrogens is 392 g/mol. The number of fused-ring (bicyclic) bond motifs is 5. The molecule has 0 amide bonds. The van der Waals surface area contributed by atoms with Crippen LogP contribution in [0.1, 0.15) is 64.7 Å². The van der Waals surface area contributed by atoms with Gasteiger partial charge in [-0.3, -0.25) is 4.79 Å². The maximum Gasteiger partial charge on any atom is 0.147 e. The Balaban J connectivity index is 1.50. The van der Waals surface area contributed by atoms with Crippen molar-refractivity contribution in [3.8, 4) is 0 Å². The third-order valence-electron chi connectivity index (χ3n) is 9.04. The van der Waals surface area contributed by atoms with Gasteiger partial charge in [0.2, 0.25) is 0 Å². The molecule has 4 unspecified atom stereocenters. The summed E-state index contributed by atoms with van der Waals surface area (Å²) in [6.45, 7) is 2.91. The van der Waals surface area contributed by atoms with Gasteiger partial charge in [0.15, 0.2) is 0 Å². The van der Waals surface area contributed by atoms with E-state index in [9.17, 15) is 9.90 Å². The van der Waals surface area contributed by atoms with Crippen LogP contribution in [0.25, 0.3) is 0 Å². The van der Waals surface area contributed by atoms with Crippen LogP contribution in [0, 0.1) is 40.9 Å². The van der Waals surface area contributed by atoms with E-state index in [-0.39, 0.29) is 11.3 Å². The molecular formula is C22H35BrO3. The Hall–Kier alpha value is 0.0700. The second kappa shape index (κ2) is 7.15. The fourth-order valence-corrected chi connectivity index (χ4v) is 8.38. The molecule has 0 bridgehead atoms. The number of ether oxygens (including phenoxy) is 1. The fraction of sp³-hybridized carbons (Fsp3) is 0.955. The first-order valence-corrected chi connectivity index (χ1v) is 11.8. The van der Waals surface area contributed by atoms with Crippen molar-refractivity contribution in [2.24, 2.45) is 40.9 Å². The molecule has 0 aliphatic heterocycles. The Morgan fingerprint density at radius 3 is 2.58 bits per heavy atom. The lowest BCUT2D eigenvalue weighted by Crippen LogP contribution is -2.52. The number of methoxy groups -OCH3 is 1.